The first-order chi connectivity index (χ1) is 15.8. The Morgan fingerprint density at radius 3 is 2.55 bits per heavy atom. The van der Waals surface area contributed by atoms with E-state index in [2.05, 4.69) is 10.3 Å². The van der Waals surface area contributed by atoms with E-state index in [9.17, 15) is 22.8 Å². The number of aromatic nitrogens is 1. The zero-order valence-corrected chi connectivity index (χ0v) is 19.1. The third kappa shape index (κ3) is 6.04. The Morgan fingerprint density at radius 2 is 1.85 bits per heavy atom. The molecule has 1 aliphatic carbocycles. The number of nitrogens with one attached hydrogen (secondary N) is 1. The van der Waals surface area contributed by atoms with Gasteiger partial charge in [0.2, 0.25) is 5.91 Å². The number of alkyl halides is 3. The summed E-state index contributed by atoms with van der Waals surface area (Å²) in [4.78, 5) is 32.8. The fraction of sp³-hybridized carbons (Fsp3) is 0.522. The molecule has 1 aliphatic heterocycles. The molecule has 0 radical (unpaired) electrons. The average Bonchev–Trinajstić information content (AvgIpc) is 3.49. The van der Waals surface area contributed by atoms with Gasteiger partial charge in [-0.25, -0.2) is 4.98 Å². The van der Waals surface area contributed by atoms with E-state index in [1.807, 2.05) is 4.90 Å². The molecule has 2 aliphatic rings. The van der Waals surface area contributed by atoms with Gasteiger partial charge >= 0.3 is 6.18 Å². The second-order valence-electron chi connectivity index (χ2n) is 8.60. The second-order valence-corrected chi connectivity index (χ2v) is 9.46. The first kappa shape index (κ1) is 23.5. The molecule has 4 rings (SSSR count). The molecule has 10 heteroatoms. The van der Waals surface area contributed by atoms with Crippen molar-refractivity contribution >= 4 is 34.0 Å². The van der Waals surface area contributed by atoms with Crippen molar-refractivity contribution in [3.63, 3.8) is 0 Å². The summed E-state index contributed by atoms with van der Waals surface area (Å²) in [6.45, 7) is 1.63. The third-order valence-corrected chi connectivity index (χ3v) is 7.09. The van der Waals surface area contributed by atoms with Crippen LogP contribution >= 0.6 is 11.3 Å². The van der Waals surface area contributed by atoms with Gasteiger partial charge in [0.05, 0.1) is 5.56 Å². The number of rotatable bonds is 6. The molecule has 0 atom stereocenters. The number of thiazole rings is 1. The Hall–Kier alpha value is -2.62. The van der Waals surface area contributed by atoms with Crippen molar-refractivity contribution in [3.05, 3.63) is 40.9 Å². The van der Waals surface area contributed by atoms with Crippen molar-refractivity contribution < 1.29 is 22.8 Å². The highest BCUT2D eigenvalue weighted by Gasteiger charge is 2.31. The van der Waals surface area contributed by atoms with Gasteiger partial charge in [-0.2, -0.15) is 13.2 Å². The average molecular weight is 481 g/mol. The van der Waals surface area contributed by atoms with Gasteiger partial charge in [0.15, 0.2) is 5.13 Å². The predicted octanol–water partition coefficient (Wildman–Crippen LogP) is 5.03. The zero-order valence-electron chi connectivity index (χ0n) is 18.2. The highest BCUT2D eigenvalue weighted by atomic mass is 32.1. The summed E-state index contributed by atoms with van der Waals surface area (Å²) >= 11 is 1.22. The van der Waals surface area contributed by atoms with Crippen LogP contribution in [0.3, 0.4) is 0 Å². The van der Waals surface area contributed by atoms with Crippen LogP contribution in [0.2, 0.25) is 0 Å². The van der Waals surface area contributed by atoms with Gasteiger partial charge < -0.3 is 15.1 Å². The number of halogens is 3. The van der Waals surface area contributed by atoms with E-state index in [4.69, 9.17) is 0 Å². The van der Waals surface area contributed by atoms with Crippen molar-refractivity contribution in [3.8, 4) is 0 Å². The van der Waals surface area contributed by atoms with Crippen molar-refractivity contribution in [2.24, 2.45) is 5.92 Å². The lowest BCUT2D eigenvalue weighted by Crippen LogP contribution is -2.48. The molecule has 1 aromatic heterocycles. The van der Waals surface area contributed by atoms with Crippen LogP contribution in [0.15, 0.2) is 29.6 Å². The fourth-order valence-corrected chi connectivity index (χ4v) is 5.15. The molecule has 2 fully saturated rings. The summed E-state index contributed by atoms with van der Waals surface area (Å²) in [6.07, 6.45) is 1.86. The number of amides is 2. The van der Waals surface area contributed by atoms with Crippen LogP contribution in [0.25, 0.3) is 0 Å². The number of benzene rings is 1. The van der Waals surface area contributed by atoms with Gasteiger partial charge in [0, 0.05) is 43.7 Å². The monoisotopic (exact) mass is 480 g/mol. The van der Waals surface area contributed by atoms with E-state index in [0.29, 0.717) is 49.3 Å². The maximum absolute atomic E-state index is 13.0. The Bertz CT molecular complexity index is 980. The number of carbonyl (C=O) groups excluding carboxylic acids is 2. The standard InChI is InChI=1S/C23H27F3N4O2S/c24-23(25,26)17-6-3-7-18(14-17)29-10-12-30(13-11-29)21(32)19-15-33-22(27-19)28-20(31)9-8-16-4-1-2-5-16/h3,6-7,14-16H,1-2,4-5,8-13H2,(H,27,28,31). The summed E-state index contributed by atoms with van der Waals surface area (Å²) in [6, 6.07) is 5.24. The lowest BCUT2D eigenvalue weighted by molar-refractivity contribution is -0.137. The molecule has 178 valence electrons. The molecular formula is C23H27F3N4O2S. The van der Waals surface area contributed by atoms with Gasteiger partial charge in [-0.05, 0) is 30.5 Å². The summed E-state index contributed by atoms with van der Waals surface area (Å²) in [7, 11) is 0. The van der Waals surface area contributed by atoms with E-state index in [0.717, 1.165) is 18.6 Å². The molecule has 0 spiro atoms. The maximum Gasteiger partial charge on any atom is 0.416 e. The molecule has 1 saturated carbocycles. The molecule has 1 aromatic carbocycles. The number of piperazine rings is 1. The minimum absolute atomic E-state index is 0.0787. The molecule has 1 N–H and O–H groups in total. The fourth-order valence-electron chi connectivity index (χ4n) is 4.45. The second kappa shape index (κ2) is 10.1. The predicted molar refractivity (Wildman–Crippen MR) is 121 cm³/mol. The Kier molecular flexibility index (Phi) is 7.21. The van der Waals surface area contributed by atoms with Crippen molar-refractivity contribution in [1.82, 2.24) is 9.88 Å². The lowest BCUT2D eigenvalue weighted by Gasteiger charge is -2.36. The Balaban J connectivity index is 1.27. The van der Waals surface area contributed by atoms with Gasteiger partial charge in [0.1, 0.15) is 5.69 Å². The highest BCUT2D eigenvalue weighted by molar-refractivity contribution is 7.14. The quantitative estimate of drug-likeness (QED) is 0.630. The number of nitrogens with zero attached hydrogens (tertiary/aromatic N) is 3. The van der Waals surface area contributed by atoms with Gasteiger partial charge in [-0.15, -0.1) is 11.3 Å². The van der Waals surface area contributed by atoms with Gasteiger partial charge in [0.25, 0.3) is 5.91 Å². The smallest absolute Gasteiger partial charge is 0.368 e. The van der Waals surface area contributed by atoms with E-state index in [1.54, 1.807) is 16.3 Å². The van der Waals surface area contributed by atoms with Gasteiger partial charge in [-0.3, -0.25) is 9.59 Å². The minimum atomic E-state index is -4.39. The molecule has 2 aromatic rings. The normalized spacial score (nSPS) is 17.4. The first-order valence-electron chi connectivity index (χ1n) is 11.3. The first-order valence-corrected chi connectivity index (χ1v) is 12.1. The maximum atomic E-state index is 13.0. The molecule has 0 unspecified atom stereocenters. The van der Waals surface area contributed by atoms with Crippen molar-refractivity contribution in [2.45, 2.75) is 44.7 Å². The lowest BCUT2D eigenvalue weighted by atomic mass is 10.0. The van der Waals surface area contributed by atoms with Crippen LogP contribution < -0.4 is 10.2 Å². The van der Waals surface area contributed by atoms with E-state index in [1.165, 1.54) is 43.1 Å². The number of anilines is 2. The van der Waals surface area contributed by atoms with Crippen LogP contribution in [-0.4, -0.2) is 47.9 Å². The van der Waals surface area contributed by atoms with Crippen LogP contribution in [0.4, 0.5) is 24.0 Å². The Labute approximate surface area is 194 Å². The van der Waals surface area contributed by atoms with Crippen molar-refractivity contribution in [2.75, 3.05) is 36.4 Å². The van der Waals surface area contributed by atoms with Crippen LogP contribution in [0, 0.1) is 5.92 Å². The van der Waals surface area contributed by atoms with E-state index < -0.39 is 11.7 Å². The molecule has 1 saturated heterocycles. The van der Waals surface area contributed by atoms with E-state index >= 15 is 0 Å². The topological polar surface area (TPSA) is 65.5 Å². The largest absolute Gasteiger partial charge is 0.416 e. The van der Waals surface area contributed by atoms with Crippen molar-refractivity contribution in [1.29, 1.82) is 0 Å². The van der Waals surface area contributed by atoms with Gasteiger partial charge in [-0.1, -0.05) is 31.7 Å². The SMILES string of the molecule is O=C(CCC1CCCC1)Nc1nc(C(=O)N2CCN(c3cccc(C(F)(F)F)c3)CC2)cs1. The zero-order chi connectivity index (χ0) is 23.4. The number of carbonyl (C=O) groups is 2. The molecule has 2 heterocycles. The van der Waals surface area contributed by atoms with E-state index in [-0.39, 0.29) is 17.5 Å². The molecule has 6 nitrogen and oxygen atoms in total. The summed E-state index contributed by atoms with van der Waals surface area (Å²) in [5.41, 5.74) is 0.0885. The minimum Gasteiger partial charge on any atom is -0.368 e. The number of hydrogen-bond donors (Lipinski definition) is 1. The summed E-state index contributed by atoms with van der Waals surface area (Å²) < 4.78 is 38.9. The third-order valence-electron chi connectivity index (χ3n) is 6.33. The van der Waals surface area contributed by atoms with Crippen LogP contribution in [0.1, 0.15) is 54.6 Å². The molecule has 33 heavy (non-hydrogen) atoms. The molecule has 2 amide bonds. The molecular weight excluding hydrogens is 453 g/mol. The summed E-state index contributed by atoms with van der Waals surface area (Å²) in [5.74, 6) is 0.324. The van der Waals surface area contributed by atoms with Crippen LogP contribution in [-0.2, 0) is 11.0 Å². The highest BCUT2D eigenvalue weighted by Crippen LogP contribution is 2.32. The number of hydrogen-bond acceptors (Lipinski definition) is 5. The Morgan fingerprint density at radius 1 is 1.12 bits per heavy atom. The molecule has 0 bridgehead atoms. The summed E-state index contributed by atoms with van der Waals surface area (Å²) in [5, 5.41) is 4.83. The van der Waals surface area contributed by atoms with Crippen LogP contribution in [0.5, 0.6) is 0 Å².